The van der Waals surface area contributed by atoms with E-state index in [0.29, 0.717) is 22.1 Å². The fraction of sp³-hybridized carbons (Fsp3) is 0.438. The molecule has 0 spiro atoms. The first-order valence-electron chi connectivity index (χ1n) is 7.38. The van der Waals surface area contributed by atoms with Crippen LogP contribution < -0.4 is 5.73 Å². The lowest BCUT2D eigenvalue weighted by Crippen LogP contribution is -2.07. The van der Waals surface area contributed by atoms with Crippen molar-refractivity contribution in [3.8, 4) is 11.3 Å². The molecule has 114 valence electrons. The fourth-order valence-corrected chi connectivity index (χ4v) is 2.62. The molecule has 0 saturated heterocycles. The van der Waals surface area contributed by atoms with Gasteiger partial charge in [0.15, 0.2) is 0 Å². The van der Waals surface area contributed by atoms with Crippen molar-refractivity contribution in [1.29, 1.82) is 0 Å². The van der Waals surface area contributed by atoms with Crippen LogP contribution >= 0.6 is 11.6 Å². The summed E-state index contributed by atoms with van der Waals surface area (Å²) in [6.45, 7) is 5.08. The predicted molar refractivity (Wildman–Crippen MR) is 85.9 cm³/mol. The van der Waals surface area contributed by atoms with Crippen LogP contribution in [0.25, 0.3) is 11.3 Å². The summed E-state index contributed by atoms with van der Waals surface area (Å²) >= 11 is 5.93. The number of nitrogen functional groups attached to an aromatic ring is 1. The summed E-state index contributed by atoms with van der Waals surface area (Å²) < 4.78 is 15.6. The summed E-state index contributed by atoms with van der Waals surface area (Å²) in [7, 11) is 0. The van der Waals surface area contributed by atoms with Gasteiger partial charge in [0, 0.05) is 23.6 Å². The number of rotatable bonds is 6. The average molecular weight is 310 g/mol. The second-order valence-electron chi connectivity index (χ2n) is 5.18. The zero-order valence-electron chi connectivity index (χ0n) is 12.5. The molecule has 3 nitrogen and oxygen atoms in total. The first-order chi connectivity index (χ1) is 10.1. The molecule has 0 unspecified atom stereocenters. The van der Waals surface area contributed by atoms with Crippen molar-refractivity contribution in [2.75, 3.05) is 5.73 Å². The van der Waals surface area contributed by atoms with Crippen molar-refractivity contribution in [3.05, 3.63) is 34.9 Å². The van der Waals surface area contributed by atoms with Gasteiger partial charge in [-0.25, -0.2) is 9.37 Å². The zero-order valence-corrected chi connectivity index (χ0v) is 13.3. The number of imidazole rings is 1. The number of benzene rings is 1. The van der Waals surface area contributed by atoms with Gasteiger partial charge in [0.25, 0.3) is 0 Å². The molecule has 0 amide bonds. The van der Waals surface area contributed by atoms with Crippen molar-refractivity contribution < 1.29 is 4.39 Å². The Kier molecular flexibility index (Phi) is 5.23. The Labute approximate surface area is 129 Å². The summed E-state index contributed by atoms with van der Waals surface area (Å²) in [5.74, 6) is 1.17. The van der Waals surface area contributed by atoms with Crippen LogP contribution in [0.5, 0.6) is 0 Å². The molecule has 0 fully saturated rings. The summed E-state index contributed by atoms with van der Waals surface area (Å²) in [5.41, 5.74) is 7.49. The molecular weight excluding hydrogens is 289 g/mol. The van der Waals surface area contributed by atoms with E-state index in [1.54, 1.807) is 6.07 Å². The number of aryl methyl sites for hydroxylation is 1. The minimum absolute atomic E-state index is 0.351. The maximum Gasteiger partial charge on any atom is 0.131 e. The standard InChI is InChI=1S/C16H21ClFN3/c1-3-5-7-21-14(6-4-2)20-15(16(21)19)11-8-12(17)10-13(18)9-11/h8-10H,3-7,19H2,1-2H3. The highest BCUT2D eigenvalue weighted by atomic mass is 35.5. The van der Waals surface area contributed by atoms with Gasteiger partial charge in [-0.2, -0.15) is 0 Å². The highest BCUT2D eigenvalue weighted by Crippen LogP contribution is 2.30. The van der Waals surface area contributed by atoms with Gasteiger partial charge >= 0.3 is 0 Å². The van der Waals surface area contributed by atoms with Crippen molar-refractivity contribution in [1.82, 2.24) is 9.55 Å². The van der Waals surface area contributed by atoms with Crippen LogP contribution in [0.15, 0.2) is 18.2 Å². The van der Waals surface area contributed by atoms with E-state index in [1.807, 2.05) is 4.57 Å². The highest BCUT2D eigenvalue weighted by molar-refractivity contribution is 6.30. The van der Waals surface area contributed by atoms with E-state index in [-0.39, 0.29) is 5.82 Å². The first-order valence-corrected chi connectivity index (χ1v) is 7.76. The third kappa shape index (κ3) is 3.56. The van der Waals surface area contributed by atoms with Crippen LogP contribution in [0.2, 0.25) is 5.02 Å². The van der Waals surface area contributed by atoms with Gasteiger partial charge in [0.2, 0.25) is 0 Å². The van der Waals surface area contributed by atoms with Gasteiger partial charge in [-0.3, -0.25) is 0 Å². The summed E-state index contributed by atoms with van der Waals surface area (Å²) in [6, 6.07) is 4.40. The monoisotopic (exact) mass is 309 g/mol. The minimum Gasteiger partial charge on any atom is -0.383 e. The number of nitrogens with zero attached hydrogens (tertiary/aromatic N) is 2. The normalized spacial score (nSPS) is 11.0. The summed E-state index contributed by atoms with van der Waals surface area (Å²) in [5, 5.41) is 0.351. The molecule has 1 aromatic heterocycles. The number of hydrogen-bond donors (Lipinski definition) is 1. The fourth-order valence-electron chi connectivity index (χ4n) is 2.40. The molecule has 0 aliphatic carbocycles. The number of unbranched alkanes of at least 4 members (excludes halogenated alkanes) is 1. The van der Waals surface area contributed by atoms with Crippen molar-refractivity contribution in [2.24, 2.45) is 0 Å². The van der Waals surface area contributed by atoms with Crippen LogP contribution in [-0.4, -0.2) is 9.55 Å². The van der Waals surface area contributed by atoms with Crippen LogP contribution in [0.4, 0.5) is 10.2 Å². The van der Waals surface area contributed by atoms with Crippen LogP contribution in [0, 0.1) is 5.82 Å². The van der Waals surface area contributed by atoms with E-state index in [0.717, 1.165) is 38.1 Å². The number of hydrogen-bond acceptors (Lipinski definition) is 2. The Morgan fingerprint density at radius 2 is 2.00 bits per heavy atom. The van der Waals surface area contributed by atoms with E-state index >= 15 is 0 Å². The topological polar surface area (TPSA) is 43.8 Å². The molecule has 1 heterocycles. The van der Waals surface area contributed by atoms with Crippen LogP contribution in [0.1, 0.15) is 38.9 Å². The molecule has 1 aromatic carbocycles. The number of aromatic nitrogens is 2. The highest BCUT2D eigenvalue weighted by Gasteiger charge is 2.16. The first kappa shape index (κ1) is 15.8. The van der Waals surface area contributed by atoms with E-state index in [9.17, 15) is 4.39 Å². The molecule has 0 saturated carbocycles. The van der Waals surface area contributed by atoms with Gasteiger partial charge < -0.3 is 10.3 Å². The Bertz CT molecular complexity index is 602. The predicted octanol–water partition coefficient (Wildman–Crippen LogP) is 4.68. The van der Waals surface area contributed by atoms with Crippen molar-refractivity contribution in [2.45, 2.75) is 46.1 Å². The second kappa shape index (κ2) is 6.94. The van der Waals surface area contributed by atoms with Gasteiger partial charge in [0.1, 0.15) is 23.2 Å². The van der Waals surface area contributed by atoms with E-state index in [2.05, 4.69) is 18.8 Å². The number of anilines is 1. The third-order valence-electron chi connectivity index (χ3n) is 3.43. The quantitative estimate of drug-likeness (QED) is 0.842. The molecule has 2 N–H and O–H groups in total. The molecule has 2 rings (SSSR count). The molecule has 5 heteroatoms. The van der Waals surface area contributed by atoms with Crippen LogP contribution in [-0.2, 0) is 13.0 Å². The third-order valence-corrected chi connectivity index (χ3v) is 3.65. The Balaban J connectivity index is 2.48. The van der Waals surface area contributed by atoms with Gasteiger partial charge in [-0.05, 0) is 31.0 Å². The maximum absolute atomic E-state index is 13.5. The molecule has 0 aliphatic rings. The number of nitrogens with two attached hydrogens (primary N) is 1. The van der Waals surface area contributed by atoms with Crippen molar-refractivity contribution in [3.63, 3.8) is 0 Å². The zero-order chi connectivity index (χ0) is 15.4. The van der Waals surface area contributed by atoms with Gasteiger partial charge in [0.05, 0.1) is 0 Å². The Morgan fingerprint density at radius 3 is 2.62 bits per heavy atom. The summed E-state index contributed by atoms with van der Waals surface area (Å²) in [6.07, 6.45) is 3.98. The lowest BCUT2D eigenvalue weighted by atomic mass is 10.1. The maximum atomic E-state index is 13.5. The largest absolute Gasteiger partial charge is 0.383 e. The van der Waals surface area contributed by atoms with Gasteiger partial charge in [-0.15, -0.1) is 0 Å². The summed E-state index contributed by atoms with van der Waals surface area (Å²) in [4.78, 5) is 4.62. The molecular formula is C16H21ClFN3. The van der Waals surface area contributed by atoms with Crippen LogP contribution in [0.3, 0.4) is 0 Å². The molecule has 2 aromatic rings. The van der Waals surface area contributed by atoms with E-state index in [4.69, 9.17) is 17.3 Å². The Morgan fingerprint density at radius 1 is 1.24 bits per heavy atom. The molecule has 21 heavy (non-hydrogen) atoms. The lowest BCUT2D eigenvalue weighted by molar-refractivity contribution is 0.604. The van der Waals surface area contributed by atoms with E-state index < -0.39 is 0 Å². The van der Waals surface area contributed by atoms with E-state index in [1.165, 1.54) is 12.1 Å². The lowest BCUT2D eigenvalue weighted by Gasteiger charge is -2.08. The molecule has 0 atom stereocenters. The Hall–Kier alpha value is -1.55. The minimum atomic E-state index is -0.378. The smallest absolute Gasteiger partial charge is 0.131 e. The molecule has 0 radical (unpaired) electrons. The SMILES string of the molecule is CCCCn1c(CCC)nc(-c2cc(F)cc(Cl)c2)c1N. The second-order valence-corrected chi connectivity index (χ2v) is 5.61. The molecule has 0 bridgehead atoms. The van der Waals surface area contributed by atoms with Gasteiger partial charge in [-0.1, -0.05) is 31.9 Å². The van der Waals surface area contributed by atoms with Crippen molar-refractivity contribution >= 4 is 17.4 Å². The molecule has 0 aliphatic heterocycles. The number of halogens is 2. The average Bonchev–Trinajstić information content (AvgIpc) is 2.73.